The van der Waals surface area contributed by atoms with Crippen molar-refractivity contribution in [2.24, 2.45) is 0 Å². The van der Waals surface area contributed by atoms with Crippen LogP contribution in [-0.2, 0) is 4.79 Å². The standard InChI is InChI=1S/C45H81NO5/c1-3-5-7-9-11-13-15-17-18-19-20-21-22-23-24-25-27-29-31-33-35-37-39-43(49)45(51)46-41(40-47)44(50)42(48)38-36-34-32-30-28-26-16-14-12-10-8-6-4-2/h6,8,14,16,20-21,23-24,30,32,41-44,47-50H,3-5,7,9-13,15,17-19,22,25-29,31,33-40H2,1-2H3,(H,46,51)/b8-6+,16-14+,21-20-,24-23-,32-30+. The summed E-state index contributed by atoms with van der Waals surface area (Å²) in [4.78, 5) is 12.5. The van der Waals surface area contributed by atoms with Crippen molar-refractivity contribution < 1.29 is 25.2 Å². The van der Waals surface area contributed by atoms with Gasteiger partial charge in [-0.2, -0.15) is 0 Å². The van der Waals surface area contributed by atoms with Crippen molar-refractivity contribution in [2.45, 2.75) is 212 Å². The average molecular weight is 716 g/mol. The number of aliphatic hydroxyl groups is 4. The van der Waals surface area contributed by atoms with E-state index in [2.05, 4.69) is 79.9 Å². The first-order valence-corrected chi connectivity index (χ1v) is 21.2. The average Bonchev–Trinajstić information content (AvgIpc) is 3.13. The van der Waals surface area contributed by atoms with Crippen LogP contribution in [-0.4, -0.2) is 57.3 Å². The quantitative estimate of drug-likeness (QED) is 0.0325. The Hall–Kier alpha value is -1.99. The maximum Gasteiger partial charge on any atom is 0.249 e. The van der Waals surface area contributed by atoms with Gasteiger partial charge in [-0.05, 0) is 89.9 Å². The second-order valence-corrected chi connectivity index (χ2v) is 14.3. The van der Waals surface area contributed by atoms with E-state index in [1.807, 2.05) is 0 Å². The van der Waals surface area contributed by atoms with E-state index in [1.54, 1.807) is 0 Å². The van der Waals surface area contributed by atoms with E-state index >= 15 is 0 Å². The monoisotopic (exact) mass is 716 g/mol. The fourth-order valence-electron chi connectivity index (χ4n) is 6.06. The van der Waals surface area contributed by atoms with Gasteiger partial charge in [0.15, 0.2) is 0 Å². The van der Waals surface area contributed by atoms with E-state index in [4.69, 9.17) is 0 Å². The SMILES string of the molecule is CC/C=C/CC/C=C/CC/C=C/CCCC(O)C(O)C(CO)NC(=O)C(O)CCCCCCCC/C=C\C/C=C\CCCCCCCCCCC. The van der Waals surface area contributed by atoms with E-state index in [9.17, 15) is 25.2 Å². The van der Waals surface area contributed by atoms with Gasteiger partial charge in [-0.3, -0.25) is 4.79 Å². The summed E-state index contributed by atoms with van der Waals surface area (Å²) in [6.45, 7) is 3.90. The van der Waals surface area contributed by atoms with Crippen LogP contribution in [0.15, 0.2) is 60.8 Å². The number of carbonyl (C=O) groups is 1. The smallest absolute Gasteiger partial charge is 0.249 e. The predicted molar refractivity (Wildman–Crippen MR) is 219 cm³/mol. The Labute approximate surface area is 314 Å². The van der Waals surface area contributed by atoms with Crippen LogP contribution in [0.4, 0.5) is 0 Å². The molecule has 0 fully saturated rings. The Morgan fingerprint density at radius 2 is 0.941 bits per heavy atom. The third-order valence-electron chi connectivity index (χ3n) is 9.42. The highest BCUT2D eigenvalue weighted by molar-refractivity contribution is 5.80. The van der Waals surface area contributed by atoms with Gasteiger partial charge < -0.3 is 25.7 Å². The fraction of sp³-hybridized carbons (Fsp3) is 0.756. The molecule has 0 aromatic heterocycles. The molecule has 0 aliphatic rings. The minimum Gasteiger partial charge on any atom is -0.394 e. The summed E-state index contributed by atoms with van der Waals surface area (Å²) in [6, 6.07) is -1.02. The van der Waals surface area contributed by atoms with Crippen molar-refractivity contribution in [3.63, 3.8) is 0 Å². The molecule has 0 aromatic rings. The van der Waals surface area contributed by atoms with E-state index in [0.29, 0.717) is 19.3 Å². The molecule has 4 unspecified atom stereocenters. The summed E-state index contributed by atoms with van der Waals surface area (Å²) in [5.41, 5.74) is 0. The molecular formula is C45H81NO5. The van der Waals surface area contributed by atoms with Gasteiger partial charge in [0.1, 0.15) is 12.2 Å². The number of unbranched alkanes of at least 4 members (excludes halogenated alkanes) is 18. The normalized spacial score (nSPS) is 14.9. The Bertz CT molecular complexity index is 895. The van der Waals surface area contributed by atoms with Gasteiger partial charge in [-0.15, -0.1) is 0 Å². The third-order valence-corrected chi connectivity index (χ3v) is 9.42. The zero-order chi connectivity index (χ0) is 37.5. The number of nitrogens with one attached hydrogen (secondary N) is 1. The van der Waals surface area contributed by atoms with E-state index in [0.717, 1.165) is 77.0 Å². The lowest BCUT2D eigenvalue weighted by Gasteiger charge is -2.27. The number of carbonyl (C=O) groups excluding carboxylic acids is 1. The Kier molecular flexibility index (Phi) is 37.7. The molecule has 296 valence electrons. The molecular weight excluding hydrogens is 634 g/mol. The van der Waals surface area contributed by atoms with Gasteiger partial charge in [0, 0.05) is 0 Å². The zero-order valence-electron chi connectivity index (χ0n) is 33.1. The first kappa shape index (κ1) is 49.0. The molecule has 0 aliphatic heterocycles. The van der Waals surface area contributed by atoms with E-state index < -0.39 is 36.9 Å². The maximum atomic E-state index is 12.5. The van der Waals surface area contributed by atoms with Crippen LogP contribution < -0.4 is 5.32 Å². The molecule has 51 heavy (non-hydrogen) atoms. The first-order valence-electron chi connectivity index (χ1n) is 21.2. The number of hydrogen-bond donors (Lipinski definition) is 5. The summed E-state index contributed by atoms with van der Waals surface area (Å²) in [5.74, 6) is -0.611. The molecule has 0 aromatic carbocycles. The summed E-state index contributed by atoms with van der Waals surface area (Å²) in [6.07, 6.45) is 48.2. The van der Waals surface area contributed by atoms with Gasteiger partial charge >= 0.3 is 0 Å². The van der Waals surface area contributed by atoms with Crippen LogP contribution in [0.3, 0.4) is 0 Å². The molecule has 6 heteroatoms. The van der Waals surface area contributed by atoms with E-state index in [-0.39, 0.29) is 0 Å². The van der Waals surface area contributed by atoms with Crippen molar-refractivity contribution in [1.82, 2.24) is 5.32 Å². The second kappa shape index (κ2) is 39.2. The minimum atomic E-state index is -1.30. The van der Waals surface area contributed by atoms with Gasteiger partial charge in [-0.25, -0.2) is 0 Å². The largest absolute Gasteiger partial charge is 0.394 e. The Morgan fingerprint density at radius 1 is 0.510 bits per heavy atom. The predicted octanol–water partition coefficient (Wildman–Crippen LogP) is 10.9. The molecule has 0 rings (SSSR count). The lowest BCUT2D eigenvalue weighted by Crippen LogP contribution is -2.53. The minimum absolute atomic E-state index is 0.344. The van der Waals surface area contributed by atoms with Crippen LogP contribution in [0.1, 0.15) is 187 Å². The number of aliphatic hydroxyl groups excluding tert-OH is 4. The number of allylic oxidation sites excluding steroid dienone is 10. The summed E-state index contributed by atoms with van der Waals surface area (Å²) in [5, 5.41) is 43.5. The van der Waals surface area contributed by atoms with Crippen LogP contribution in [0.2, 0.25) is 0 Å². The molecule has 6 nitrogen and oxygen atoms in total. The molecule has 1 amide bonds. The zero-order valence-corrected chi connectivity index (χ0v) is 33.1. The molecule has 0 bridgehead atoms. The Balaban J connectivity index is 3.83. The highest BCUT2D eigenvalue weighted by Crippen LogP contribution is 2.14. The van der Waals surface area contributed by atoms with Crippen molar-refractivity contribution in [3.8, 4) is 0 Å². The summed E-state index contributed by atoms with van der Waals surface area (Å²) < 4.78 is 0. The van der Waals surface area contributed by atoms with E-state index in [1.165, 1.54) is 77.0 Å². The van der Waals surface area contributed by atoms with Crippen LogP contribution >= 0.6 is 0 Å². The highest BCUT2D eigenvalue weighted by Gasteiger charge is 2.28. The topological polar surface area (TPSA) is 110 Å². The third kappa shape index (κ3) is 33.6. The molecule has 0 aliphatic carbocycles. The highest BCUT2D eigenvalue weighted by atomic mass is 16.3. The number of rotatable bonds is 37. The Morgan fingerprint density at radius 3 is 1.45 bits per heavy atom. The van der Waals surface area contributed by atoms with Crippen LogP contribution in [0.25, 0.3) is 0 Å². The number of hydrogen-bond acceptors (Lipinski definition) is 5. The molecule has 4 atom stereocenters. The van der Waals surface area contributed by atoms with Crippen molar-refractivity contribution in [2.75, 3.05) is 6.61 Å². The number of amides is 1. The lowest BCUT2D eigenvalue weighted by molar-refractivity contribution is -0.132. The van der Waals surface area contributed by atoms with Crippen molar-refractivity contribution >= 4 is 5.91 Å². The van der Waals surface area contributed by atoms with Gasteiger partial charge in [0.05, 0.1) is 18.8 Å². The van der Waals surface area contributed by atoms with Gasteiger partial charge in [0.2, 0.25) is 5.91 Å². The van der Waals surface area contributed by atoms with Gasteiger partial charge in [-0.1, -0.05) is 158 Å². The summed E-state index contributed by atoms with van der Waals surface area (Å²) in [7, 11) is 0. The van der Waals surface area contributed by atoms with Crippen LogP contribution in [0, 0.1) is 0 Å². The van der Waals surface area contributed by atoms with Crippen LogP contribution in [0.5, 0.6) is 0 Å². The summed E-state index contributed by atoms with van der Waals surface area (Å²) >= 11 is 0. The molecule has 0 heterocycles. The molecule has 0 saturated carbocycles. The molecule has 0 saturated heterocycles. The van der Waals surface area contributed by atoms with Crippen molar-refractivity contribution in [1.29, 1.82) is 0 Å². The molecule has 0 radical (unpaired) electrons. The first-order chi connectivity index (χ1) is 25.0. The lowest BCUT2D eigenvalue weighted by atomic mass is 10.00. The molecule has 5 N–H and O–H groups in total. The molecule has 0 spiro atoms. The second-order valence-electron chi connectivity index (χ2n) is 14.3. The fourth-order valence-corrected chi connectivity index (χ4v) is 6.06. The maximum absolute atomic E-state index is 12.5. The van der Waals surface area contributed by atoms with Crippen molar-refractivity contribution in [3.05, 3.63) is 60.8 Å². The van der Waals surface area contributed by atoms with Gasteiger partial charge in [0.25, 0.3) is 0 Å².